The minimum absolute atomic E-state index is 0.153. The average molecular weight is 198 g/mol. The highest BCUT2D eigenvalue weighted by atomic mass is 28.2. The molecule has 12 heavy (non-hydrogen) atoms. The lowest BCUT2D eigenvalue weighted by molar-refractivity contribution is -0.257. The summed E-state index contributed by atoms with van der Waals surface area (Å²) in [6, 6.07) is 0. The van der Waals surface area contributed by atoms with Crippen molar-refractivity contribution in [2.24, 2.45) is 0 Å². The Morgan fingerprint density at radius 3 is 1.83 bits per heavy atom. The molecule has 5 heteroatoms. The molecular weight excluding hydrogens is 185 g/mol. The fourth-order valence-corrected chi connectivity index (χ4v) is 2.37. The molecule has 1 saturated carbocycles. The topological polar surface area (TPSA) is 9.23 Å². The van der Waals surface area contributed by atoms with Crippen LogP contribution in [0.4, 0.5) is 13.2 Å². The van der Waals surface area contributed by atoms with E-state index in [0.717, 1.165) is 6.42 Å². The molecule has 0 spiro atoms. The van der Waals surface area contributed by atoms with Crippen LogP contribution in [0.5, 0.6) is 0 Å². The van der Waals surface area contributed by atoms with E-state index in [-0.39, 0.29) is 23.3 Å². The van der Waals surface area contributed by atoms with E-state index in [4.69, 9.17) is 4.43 Å². The zero-order valence-corrected chi connectivity index (χ0v) is 9.08. The van der Waals surface area contributed by atoms with Gasteiger partial charge in [-0.25, -0.2) is 0 Å². The second-order valence-electron chi connectivity index (χ2n) is 3.26. The van der Waals surface area contributed by atoms with Gasteiger partial charge in [-0.15, -0.1) is 0 Å². The number of rotatable bonds is 1. The van der Waals surface area contributed by atoms with E-state index in [2.05, 4.69) is 0 Å². The Balaban J connectivity index is 2.73. The Morgan fingerprint density at radius 1 is 1.08 bits per heavy atom. The first-order valence-electron chi connectivity index (χ1n) is 4.14. The van der Waals surface area contributed by atoms with Gasteiger partial charge < -0.3 is 4.43 Å². The Labute approximate surface area is 72.8 Å². The highest BCUT2D eigenvalue weighted by molar-refractivity contribution is 5.98. The van der Waals surface area contributed by atoms with Crippen LogP contribution in [-0.2, 0) is 4.43 Å². The van der Waals surface area contributed by atoms with Gasteiger partial charge in [0.1, 0.15) is 10.5 Å². The molecule has 0 aromatic carbocycles. The predicted octanol–water partition coefficient (Wildman–Crippen LogP) is 1.55. The van der Waals surface area contributed by atoms with Crippen molar-refractivity contribution in [2.45, 2.75) is 43.9 Å². The van der Waals surface area contributed by atoms with Gasteiger partial charge in [0.05, 0.1) is 0 Å². The van der Waals surface area contributed by atoms with Crippen LogP contribution in [0.2, 0.25) is 0 Å². The number of hydrogen-bond donors (Lipinski definition) is 0. The Bertz CT molecular complexity index is 151. The maximum absolute atomic E-state index is 12.5. The third kappa shape index (κ3) is 1.66. The van der Waals surface area contributed by atoms with E-state index in [0.29, 0.717) is 12.8 Å². The lowest BCUT2D eigenvalue weighted by atomic mass is 9.84. The summed E-state index contributed by atoms with van der Waals surface area (Å²) in [4.78, 5) is 0. The first-order chi connectivity index (χ1) is 5.52. The SMILES string of the molecule is FC(F)(F)C1(O[SiH3])CCCCC1. The van der Waals surface area contributed by atoms with Crippen LogP contribution in [0, 0.1) is 0 Å². The molecule has 0 heterocycles. The van der Waals surface area contributed by atoms with Gasteiger partial charge in [-0.3, -0.25) is 0 Å². The summed E-state index contributed by atoms with van der Waals surface area (Å²) in [5.74, 6) is 0. The van der Waals surface area contributed by atoms with Gasteiger partial charge in [0, 0.05) is 0 Å². The van der Waals surface area contributed by atoms with Crippen molar-refractivity contribution >= 4 is 10.5 Å². The normalized spacial score (nSPS) is 24.2. The Morgan fingerprint density at radius 2 is 1.58 bits per heavy atom. The van der Waals surface area contributed by atoms with Crippen molar-refractivity contribution in [3.05, 3.63) is 0 Å². The highest BCUT2D eigenvalue weighted by Gasteiger charge is 2.54. The summed E-state index contributed by atoms with van der Waals surface area (Å²) in [6.07, 6.45) is -1.68. The van der Waals surface area contributed by atoms with Crippen LogP contribution in [0.3, 0.4) is 0 Å². The first kappa shape index (κ1) is 10.1. The molecule has 0 aliphatic heterocycles. The van der Waals surface area contributed by atoms with Gasteiger partial charge in [0.15, 0.2) is 5.60 Å². The second-order valence-corrected chi connectivity index (χ2v) is 3.67. The van der Waals surface area contributed by atoms with Crippen LogP contribution < -0.4 is 0 Å². The third-order valence-corrected chi connectivity index (χ3v) is 3.35. The summed E-state index contributed by atoms with van der Waals surface area (Å²) >= 11 is 0. The predicted molar refractivity (Wildman–Crippen MR) is 42.9 cm³/mol. The molecule has 0 aromatic heterocycles. The second kappa shape index (κ2) is 3.37. The lowest BCUT2D eigenvalue weighted by Gasteiger charge is -2.38. The Kier molecular flexibility index (Phi) is 2.83. The van der Waals surface area contributed by atoms with Gasteiger partial charge in [0.25, 0.3) is 0 Å². The fraction of sp³-hybridized carbons (Fsp3) is 1.00. The molecule has 1 aliphatic carbocycles. The van der Waals surface area contributed by atoms with Crippen molar-refractivity contribution in [1.82, 2.24) is 0 Å². The molecule has 0 amide bonds. The van der Waals surface area contributed by atoms with E-state index in [1.165, 1.54) is 0 Å². The molecule has 0 atom stereocenters. The summed E-state index contributed by atoms with van der Waals surface area (Å²) in [7, 11) is 0.165. The largest absolute Gasteiger partial charge is 0.416 e. The van der Waals surface area contributed by atoms with Crippen LogP contribution in [0.1, 0.15) is 32.1 Å². The first-order valence-corrected chi connectivity index (χ1v) is 4.95. The zero-order valence-electron chi connectivity index (χ0n) is 7.08. The molecule has 72 valence electrons. The molecule has 1 nitrogen and oxygen atoms in total. The van der Waals surface area contributed by atoms with E-state index in [1.807, 2.05) is 0 Å². The quantitative estimate of drug-likeness (QED) is 0.581. The van der Waals surface area contributed by atoms with E-state index < -0.39 is 11.8 Å². The van der Waals surface area contributed by atoms with Crippen molar-refractivity contribution in [3.8, 4) is 0 Å². The van der Waals surface area contributed by atoms with Gasteiger partial charge in [0.2, 0.25) is 0 Å². The van der Waals surface area contributed by atoms with Crippen molar-refractivity contribution in [3.63, 3.8) is 0 Å². The van der Waals surface area contributed by atoms with E-state index in [9.17, 15) is 13.2 Å². The van der Waals surface area contributed by atoms with Crippen molar-refractivity contribution < 1.29 is 17.6 Å². The van der Waals surface area contributed by atoms with Gasteiger partial charge in [-0.05, 0) is 12.8 Å². The maximum atomic E-state index is 12.5. The van der Waals surface area contributed by atoms with Crippen LogP contribution >= 0.6 is 0 Å². The average Bonchev–Trinajstić information content (AvgIpc) is 2.04. The summed E-state index contributed by atoms with van der Waals surface area (Å²) in [5.41, 5.74) is -1.78. The van der Waals surface area contributed by atoms with Gasteiger partial charge in [-0.1, -0.05) is 19.3 Å². The molecule has 0 radical (unpaired) electrons. The van der Waals surface area contributed by atoms with Crippen molar-refractivity contribution in [2.75, 3.05) is 0 Å². The highest BCUT2D eigenvalue weighted by Crippen LogP contribution is 2.43. The number of hydrogen-bond acceptors (Lipinski definition) is 1. The molecule has 0 unspecified atom stereocenters. The maximum Gasteiger partial charge on any atom is 0.416 e. The molecular formula is C7H13F3OSi. The van der Waals surface area contributed by atoms with E-state index >= 15 is 0 Å². The minimum atomic E-state index is -4.17. The fourth-order valence-electron chi connectivity index (χ4n) is 1.73. The molecule has 0 N–H and O–H groups in total. The van der Waals surface area contributed by atoms with E-state index in [1.54, 1.807) is 0 Å². The smallest absolute Gasteiger partial charge is 0.414 e. The van der Waals surface area contributed by atoms with Crippen LogP contribution in [-0.4, -0.2) is 22.3 Å². The third-order valence-electron chi connectivity index (χ3n) is 2.57. The lowest BCUT2D eigenvalue weighted by Crippen LogP contribution is -2.48. The number of halogens is 3. The summed E-state index contributed by atoms with van der Waals surface area (Å²) in [6.45, 7) is 0. The van der Waals surface area contributed by atoms with Crippen LogP contribution in [0.25, 0.3) is 0 Å². The molecule has 1 aliphatic rings. The minimum Gasteiger partial charge on any atom is -0.414 e. The molecule has 0 saturated heterocycles. The molecule has 0 bridgehead atoms. The monoisotopic (exact) mass is 198 g/mol. The van der Waals surface area contributed by atoms with Gasteiger partial charge in [-0.2, -0.15) is 13.2 Å². The molecule has 1 rings (SSSR count). The van der Waals surface area contributed by atoms with Gasteiger partial charge >= 0.3 is 6.18 Å². The van der Waals surface area contributed by atoms with Crippen LogP contribution in [0.15, 0.2) is 0 Å². The standard InChI is InChI=1S/C7H13F3OSi/c8-7(9,10)6(11-12)4-2-1-3-5-6/h1-5H2,12H3. The van der Waals surface area contributed by atoms with Crippen molar-refractivity contribution in [1.29, 1.82) is 0 Å². The zero-order chi connectivity index (χ0) is 9.24. The Hall–Kier alpha value is -0.0331. The summed E-state index contributed by atoms with van der Waals surface area (Å²) in [5, 5.41) is 0. The summed E-state index contributed by atoms with van der Waals surface area (Å²) < 4.78 is 42.2. The number of alkyl halides is 3. The molecule has 0 aromatic rings. The molecule has 1 fully saturated rings.